The van der Waals surface area contributed by atoms with Gasteiger partial charge in [0.25, 0.3) is 11.8 Å². The Morgan fingerprint density at radius 3 is 2.72 bits per heavy atom. The fourth-order valence-corrected chi connectivity index (χ4v) is 5.31. The molecule has 7 heteroatoms. The molecule has 0 saturated carbocycles. The van der Waals surface area contributed by atoms with Crippen LogP contribution in [0.15, 0.2) is 64.6 Å². The van der Waals surface area contributed by atoms with Gasteiger partial charge in [-0.05, 0) is 61.1 Å². The molecule has 0 saturated heterocycles. The zero-order chi connectivity index (χ0) is 20.2. The number of amides is 2. The summed E-state index contributed by atoms with van der Waals surface area (Å²) >= 11 is 2.93. The fraction of sp³-hybridized carbons (Fsp3) is 0.227. The average Bonchev–Trinajstić information content (AvgIpc) is 3.16. The molecule has 2 amide bonds. The minimum Gasteiger partial charge on any atom is -0.267 e. The van der Waals surface area contributed by atoms with E-state index in [1.165, 1.54) is 33.5 Å². The first-order chi connectivity index (χ1) is 14.1. The Balaban J connectivity index is 1.42. The zero-order valence-electron chi connectivity index (χ0n) is 16.0. The number of pyridine rings is 1. The van der Waals surface area contributed by atoms with Gasteiger partial charge in [0.15, 0.2) is 0 Å². The predicted molar refractivity (Wildman–Crippen MR) is 115 cm³/mol. The van der Waals surface area contributed by atoms with Crippen LogP contribution in [-0.2, 0) is 12.8 Å². The highest BCUT2D eigenvalue weighted by Crippen LogP contribution is 2.32. The van der Waals surface area contributed by atoms with Gasteiger partial charge in [-0.3, -0.25) is 20.4 Å². The first kappa shape index (κ1) is 19.7. The molecule has 0 bridgehead atoms. The van der Waals surface area contributed by atoms with Crippen LogP contribution in [0.25, 0.3) is 0 Å². The van der Waals surface area contributed by atoms with Crippen molar-refractivity contribution in [1.29, 1.82) is 0 Å². The summed E-state index contributed by atoms with van der Waals surface area (Å²) in [6.45, 7) is 2.24. The lowest BCUT2D eigenvalue weighted by Gasteiger charge is -2.16. The number of rotatable bonds is 4. The van der Waals surface area contributed by atoms with Crippen molar-refractivity contribution < 1.29 is 9.59 Å². The Morgan fingerprint density at radius 2 is 1.90 bits per heavy atom. The van der Waals surface area contributed by atoms with E-state index in [1.807, 2.05) is 36.4 Å². The van der Waals surface area contributed by atoms with Crippen molar-refractivity contribution in [3.05, 3.63) is 75.6 Å². The largest absolute Gasteiger partial charge is 0.279 e. The number of hydrogen-bond acceptors (Lipinski definition) is 5. The summed E-state index contributed by atoms with van der Waals surface area (Å²) in [5, 5.41) is 0.589. The number of hydrazine groups is 1. The number of aryl methyl sites for hydroxylation is 1. The molecule has 148 valence electrons. The number of thiophene rings is 1. The minimum atomic E-state index is -0.389. The Morgan fingerprint density at radius 1 is 1.10 bits per heavy atom. The molecule has 1 aliphatic carbocycles. The first-order valence-electron chi connectivity index (χ1n) is 9.50. The third kappa shape index (κ3) is 4.68. The van der Waals surface area contributed by atoms with Gasteiger partial charge in [0, 0.05) is 16.0 Å². The average molecular weight is 424 g/mol. The number of nitrogens with zero attached hydrogens (tertiary/aromatic N) is 1. The van der Waals surface area contributed by atoms with Gasteiger partial charge in [-0.15, -0.1) is 11.3 Å². The molecule has 4 rings (SSSR count). The van der Waals surface area contributed by atoms with E-state index in [0.29, 0.717) is 21.4 Å². The van der Waals surface area contributed by atoms with E-state index >= 15 is 0 Å². The second-order valence-corrected chi connectivity index (χ2v) is 9.29. The van der Waals surface area contributed by atoms with Crippen LogP contribution in [0.3, 0.4) is 0 Å². The smallest absolute Gasteiger partial charge is 0.267 e. The molecule has 2 N–H and O–H groups in total. The molecule has 2 aromatic heterocycles. The molecule has 1 unspecified atom stereocenters. The number of carbonyl (C=O) groups excluding carboxylic acids is 2. The van der Waals surface area contributed by atoms with E-state index in [-0.39, 0.29) is 11.8 Å². The van der Waals surface area contributed by atoms with E-state index in [1.54, 1.807) is 18.3 Å². The van der Waals surface area contributed by atoms with Gasteiger partial charge in [-0.2, -0.15) is 0 Å². The lowest BCUT2D eigenvalue weighted by atomic mass is 9.90. The van der Waals surface area contributed by atoms with Crippen LogP contribution in [0, 0.1) is 5.92 Å². The van der Waals surface area contributed by atoms with Crippen LogP contribution in [0.1, 0.15) is 43.8 Å². The summed E-state index contributed by atoms with van der Waals surface area (Å²) in [4.78, 5) is 32.4. The standard InChI is InChI=1S/C22H21N3O2S2/c1-14-9-10-18-15(12-14)13-19(29-18)21(27)25-24-20(26)17-8-5-11-23-22(17)28-16-6-3-2-4-7-16/h2-8,11,13-14H,9-10,12H2,1H3,(H,24,26)(H,25,27). The lowest BCUT2D eigenvalue weighted by Crippen LogP contribution is -2.41. The van der Waals surface area contributed by atoms with Crippen LogP contribution >= 0.6 is 23.1 Å². The van der Waals surface area contributed by atoms with Gasteiger partial charge in [-0.25, -0.2) is 4.98 Å². The predicted octanol–water partition coefficient (Wildman–Crippen LogP) is 4.49. The minimum absolute atomic E-state index is 0.286. The molecule has 5 nitrogen and oxygen atoms in total. The number of nitrogens with one attached hydrogen (secondary N) is 2. The quantitative estimate of drug-likeness (QED) is 0.607. The van der Waals surface area contributed by atoms with Crippen molar-refractivity contribution >= 4 is 34.9 Å². The Kier molecular flexibility index (Phi) is 5.97. The van der Waals surface area contributed by atoms with Gasteiger partial charge in [0.2, 0.25) is 0 Å². The number of fused-ring (bicyclic) bond motifs is 1. The molecule has 1 aliphatic rings. The summed E-state index contributed by atoms with van der Waals surface area (Å²) in [5.41, 5.74) is 6.75. The van der Waals surface area contributed by atoms with E-state index in [4.69, 9.17) is 0 Å². The van der Waals surface area contributed by atoms with Crippen LogP contribution in [0.4, 0.5) is 0 Å². The Labute approximate surface area is 177 Å². The SMILES string of the molecule is CC1CCc2sc(C(=O)NNC(=O)c3cccnc3Sc3ccccc3)cc2C1. The highest BCUT2D eigenvalue weighted by Gasteiger charge is 2.21. The first-order valence-corrected chi connectivity index (χ1v) is 11.1. The third-order valence-electron chi connectivity index (χ3n) is 4.82. The fourth-order valence-electron chi connectivity index (χ4n) is 3.31. The van der Waals surface area contributed by atoms with E-state index in [9.17, 15) is 9.59 Å². The second-order valence-electron chi connectivity index (χ2n) is 7.09. The monoisotopic (exact) mass is 423 g/mol. The normalized spacial score (nSPS) is 15.4. The summed E-state index contributed by atoms with van der Waals surface area (Å²) < 4.78 is 0. The molecular weight excluding hydrogens is 402 g/mol. The van der Waals surface area contributed by atoms with Crippen molar-refractivity contribution in [3.63, 3.8) is 0 Å². The molecule has 0 aliphatic heterocycles. The van der Waals surface area contributed by atoms with Crippen LogP contribution in [-0.4, -0.2) is 16.8 Å². The molecule has 0 spiro atoms. The van der Waals surface area contributed by atoms with Gasteiger partial charge in [0.1, 0.15) is 5.03 Å². The summed E-state index contributed by atoms with van der Waals surface area (Å²) in [6.07, 6.45) is 4.85. The molecular formula is C22H21N3O2S2. The maximum Gasteiger partial charge on any atom is 0.279 e. The van der Waals surface area contributed by atoms with Crippen molar-refractivity contribution in [2.75, 3.05) is 0 Å². The maximum absolute atomic E-state index is 12.7. The molecule has 3 aromatic rings. The molecule has 0 fully saturated rings. The topological polar surface area (TPSA) is 71.1 Å². The number of carbonyl (C=O) groups is 2. The summed E-state index contributed by atoms with van der Waals surface area (Å²) in [6, 6.07) is 15.1. The highest BCUT2D eigenvalue weighted by molar-refractivity contribution is 7.99. The molecule has 29 heavy (non-hydrogen) atoms. The maximum atomic E-state index is 12.7. The molecule has 0 radical (unpaired) electrons. The van der Waals surface area contributed by atoms with Gasteiger partial charge in [0.05, 0.1) is 10.4 Å². The number of hydrogen-bond donors (Lipinski definition) is 2. The summed E-state index contributed by atoms with van der Waals surface area (Å²) in [5.74, 6) is -0.0230. The third-order valence-corrected chi connectivity index (χ3v) is 7.08. The van der Waals surface area contributed by atoms with Gasteiger partial charge >= 0.3 is 0 Å². The highest BCUT2D eigenvalue weighted by atomic mass is 32.2. The van der Waals surface area contributed by atoms with Gasteiger partial charge < -0.3 is 0 Å². The lowest BCUT2D eigenvalue weighted by molar-refractivity contribution is 0.0847. The Bertz CT molecular complexity index is 1030. The van der Waals surface area contributed by atoms with Crippen LogP contribution < -0.4 is 10.9 Å². The van der Waals surface area contributed by atoms with E-state index in [0.717, 1.165) is 24.2 Å². The molecule has 2 heterocycles. The summed E-state index contributed by atoms with van der Waals surface area (Å²) in [7, 11) is 0. The van der Waals surface area contributed by atoms with Crippen molar-refractivity contribution in [1.82, 2.24) is 15.8 Å². The van der Waals surface area contributed by atoms with Crippen molar-refractivity contribution in [3.8, 4) is 0 Å². The van der Waals surface area contributed by atoms with Gasteiger partial charge in [-0.1, -0.05) is 36.9 Å². The van der Waals surface area contributed by atoms with E-state index in [2.05, 4.69) is 22.8 Å². The molecule has 1 aromatic carbocycles. The number of aromatic nitrogens is 1. The zero-order valence-corrected chi connectivity index (χ0v) is 17.6. The second kappa shape index (κ2) is 8.80. The van der Waals surface area contributed by atoms with Crippen molar-refractivity contribution in [2.45, 2.75) is 36.1 Å². The number of benzene rings is 1. The molecule has 1 atom stereocenters. The van der Waals surface area contributed by atoms with E-state index < -0.39 is 0 Å². The Hall–Kier alpha value is -2.64. The van der Waals surface area contributed by atoms with Crippen LogP contribution in [0.2, 0.25) is 0 Å². The van der Waals surface area contributed by atoms with Crippen molar-refractivity contribution in [2.24, 2.45) is 5.92 Å². The van der Waals surface area contributed by atoms with Crippen LogP contribution in [0.5, 0.6) is 0 Å².